The third kappa shape index (κ3) is 3.64. The van der Waals surface area contributed by atoms with Gasteiger partial charge in [0, 0.05) is 0 Å². The van der Waals surface area contributed by atoms with E-state index in [1.165, 1.54) is 30.3 Å². The van der Waals surface area contributed by atoms with Crippen LogP contribution in [0.15, 0.2) is 36.4 Å². The molecule has 0 bridgehead atoms. The minimum absolute atomic E-state index is 0.0278. The number of hydrogen-bond donors (Lipinski definition) is 2. The number of rotatable bonds is 6. The van der Waals surface area contributed by atoms with Gasteiger partial charge < -0.3 is 15.2 Å². The van der Waals surface area contributed by atoms with Crippen LogP contribution in [0.3, 0.4) is 0 Å². The Bertz CT molecular complexity index is 762. The van der Waals surface area contributed by atoms with Gasteiger partial charge in [0.2, 0.25) is 0 Å². The maximum atomic E-state index is 11.2. The predicted octanol–water partition coefficient (Wildman–Crippen LogP) is 3.35. The standard InChI is InChI=1S/C14H13N3O6/c1-2-23-10-4-6-12(14(8-10)17(21)22)15-11-5-3-9(18)7-13(11)16(19)20/h3-8,15,18H,2H2,1H3. The number of anilines is 2. The van der Waals surface area contributed by atoms with Crippen molar-refractivity contribution in [2.45, 2.75) is 6.92 Å². The lowest BCUT2D eigenvalue weighted by Gasteiger charge is -2.09. The molecule has 2 rings (SSSR count). The zero-order valence-electron chi connectivity index (χ0n) is 12.1. The van der Waals surface area contributed by atoms with Crippen LogP contribution in [0.2, 0.25) is 0 Å². The van der Waals surface area contributed by atoms with Crippen molar-refractivity contribution >= 4 is 22.7 Å². The normalized spacial score (nSPS) is 10.1. The van der Waals surface area contributed by atoms with E-state index in [1.807, 2.05) is 0 Å². The number of aromatic hydroxyl groups is 1. The number of nitro groups is 2. The average molecular weight is 319 g/mol. The Balaban J connectivity index is 2.44. The number of nitrogens with one attached hydrogen (secondary N) is 1. The van der Waals surface area contributed by atoms with E-state index in [2.05, 4.69) is 5.32 Å². The molecule has 0 saturated heterocycles. The number of ether oxygens (including phenoxy) is 1. The highest BCUT2D eigenvalue weighted by atomic mass is 16.6. The molecule has 23 heavy (non-hydrogen) atoms. The fraction of sp³-hybridized carbons (Fsp3) is 0.143. The molecule has 0 saturated carbocycles. The predicted molar refractivity (Wildman–Crippen MR) is 82.3 cm³/mol. The zero-order valence-corrected chi connectivity index (χ0v) is 12.1. The minimum Gasteiger partial charge on any atom is -0.508 e. The average Bonchev–Trinajstić information content (AvgIpc) is 2.50. The van der Waals surface area contributed by atoms with E-state index in [0.29, 0.717) is 12.4 Å². The van der Waals surface area contributed by atoms with Gasteiger partial charge in [-0.2, -0.15) is 0 Å². The van der Waals surface area contributed by atoms with Crippen molar-refractivity contribution in [3.63, 3.8) is 0 Å². The van der Waals surface area contributed by atoms with Crippen molar-refractivity contribution in [3.8, 4) is 11.5 Å². The van der Waals surface area contributed by atoms with Crippen LogP contribution in [0.4, 0.5) is 22.7 Å². The highest BCUT2D eigenvalue weighted by Crippen LogP contribution is 2.35. The van der Waals surface area contributed by atoms with Gasteiger partial charge in [0.05, 0.1) is 28.6 Å². The molecule has 0 unspecified atom stereocenters. The third-order valence-electron chi connectivity index (χ3n) is 2.92. The van der Waals surface area contributed by atoms with Crippen molar-refractivity contribution in [3.05, 3.63) is 56.6 Å². The molecule has 2 aromatic rings. The molecular weight excluding hydrogens is 306 g/mol. The molecule has 120 valence electrons. The monoisotopic (exact) mass is 319 g/mol. The van der Waals surface area contributed by atoms with Gasteiger partial charge in [-0.25, -0.2) is 0 Å². The van der Waals surface area contributed by atoms with Crippen LogP contribution < -0.4 is 10.1 Å². The van der Waals surface area contributed by atoms with E-state index >= 15 is 0 Å². The summed E-state index contributed by atoms with van der Waals surface area (Å²) in [5.74, 6) is 0.0494. The summed E-state index contributed by atoms with van der Waals surface area (Å²) >= 11 is 0. The summed E-state index contributed by atoms with van der Waals surface area (Å²) in [6.07, 6.45) is 0. The van der Waals surface area contributed by atoms with E-state index in [9.17, 15) is 25.3 Å². The minimum atomic E-state index is -0.692. The second-order valence-corrected chi connectivity index (χ2v) is 4.45. The summed E-state index contributed by atoms with van der Waals surface area (Å²) < 4.78 is 5.21. The van der Waals surface area contributed by atoms with Gasteiger partial charge >= 0.3 is 0 Å². The smallest absolute Gasteiger partial charge is 0.296 e. The van der Waals surface area contributed by atoms with E-state index in [4.69, 9.17) is 4.74 Å². The molecule has 0 radical (unpaired) electrons. The fourth-order valence-electron chi connectivity index (χ4n) is 1.95. The molecule has 0 fully saturated rings. The summed E-state index contributed by atoms with van der Waals surface area (Å²) in [7, 11) is 0. The molecule has 0 aliphatic heterocycles. The number of phenols is 1. The molecule has 9 heteroatoms. The van der Waals surface area contributed by atoms with Gasteiger partial charge in [-0.1, -0.05) is 0 Å². The third-order valence-corrected chi connectivity index (χ3v) is 2.92. The van der Waals surface area contributed by atoms with Crippen molar-refractivity contribution < 1.29 is 19.7 Å². The van der Waals surface area contributed by atoms with E-state index < -0.39 is 15.5 Å². The van der Waals surface area contributed by atoms with Crippen LogP contribution in [-0.2, 0) is 0 Å². The Labute approximate surface area is 130 Å². The Morgan fingerprint density at radius 3 is 2.17 bits per heavy atom. The Morgan fingerprint density at radius 1 is 1.04 bits per heavy atom. The maximum absolute atomic E-state index is 11.2. The lowest BCUT2D eigenvalue weighted by atomic mass is 10.2. The maximum Gasteiger partial charge on any atom is 0.296 e. The summed E-state index contributed by atoms with van der Waals surface area (Å²) in [6, 6.07) is 7.63. The van der Waals surface area contributed by atoms with Crippen LogP contribution in [0, 0.1) is 20.2 Å². The summed E-state index contributed by atoms with van der Waals surface area (Å²) in [6.45, 7) is 2.10. The van der Waals surface area contributed by atoms with Crippen molar-refractivity contribution in [2.75, 3.05) is 11.9 Å². The van der Waals surface area contributed by atoms with E-state index in [1.54, 1.807) is 6.92 Å². The van der Waals surface area contributed by atoms with Crippen molar-refractivity contribution in [1.29, 1.82) is 0 Å². The van der Waals surface area contributed by atoms with E-state index in [0.717, 1.165) is 6.07 Å². The second-order valence-electron chi connectivity index (χ2n) is 4.45. The summed E-state index contributed by atoms with van der Waals surface area (Å²) in [5, 5.41) is 34.2. The first-order valence-corrected chi connectivity index (χ1v) is 6.58. The second kappa shape index (κ2) is 6.60. The number of nitro benzene ring substituents is 2. The van der Waals surface area contributed by atoms with Crippen LogP contribution in [-0.4, -0.2) is 21.6 Å². The largest absolute Gasteiger partial charge is 0.508 e. The first-order valence-electron chi connectivity index (χ1n) is 6.58. The quantitative estimate of drug-likeness (QED) is 0.474. The lowest BCUT2D eigenvalue weighted by Crippen LogP contribution is -2.01. The number of hydrogen-bond acceptors (Lipinski definition) is 7. The van der Waals surface area contributed by atoms with Crippen LogP contribution >= 0.6 is 0 Å². The highest BCUT2D eigenvalue weighted by molar-refractivity contribution is 5.76. The highest BCUT2D eigenvalue weighted by Gasteiger charge is 2.20. The van der Waals surface area contributed by atoms with Gasteiger partial charge in [-0.15, -0.1) is 0 Å². The van der Waals surface area contributed by atoms with Crippen LogP contribution in [0.25, 0.3) is 0 Å². The molecule has 9 nitrogen and oxygen atoms in total. The molecule has 0 amide bonds. The molecule has 0 aromatic heterocycles. The molecule has 0 heterocycles. The molecular formula is C14H13N3O6. The van der Waals surface area contributed by atoms with Gasteiger partial charge in [-0.3, -0.25) is 20.2 Å². The van der Waals surface area contributed by atoms with Crippen LogP contribution in [0.1, 0.15) is 6.92 Å². The van der Waals surface area contributed by atoms with Gasteiger partial charge in [0.1, 0.15) is 22.9 Å². The first kappa shape index (κ1) is 16.0. The van der Waals surface area contributed by atoms with Gasteiger partial charge in [0.25, 0.3) is 11.4 Å². The Morgan fingerprint density at radius 2 is 1.61 bits per heavy atom. The molecule has 0 aliphatic rings. The molecule has 2 aromatic carbocycles. The van der Waals surface area contributed by atoms with Crippen molar-refractivity contribution in [2.24, 2.45) is 0 Å². The van der Waals surface area contributed by atoms with Crippen LogP contribution in [0.5, 0.6) is 11.5 Å². The lowest BCUT2D eigenvalue weighted by molar-refractivity contribution is -0.384. The molecule has 0 aliphatic carbocycles. The number of nitrogens with zero attached hydrogens (tertiary/aromatic N) is 2. The zero-order chi connectivity index (χ0) is 17.0. The number of phenolic OH excluding ortho intramolecular Hbond substituents is 1. The first-order chi connectivity index (χ1) is 10.9. The number of benzene rings is 2. The fourth-order valence-corrected chi connectivity index (χ4v) is 1.95. The SMILES string of the molecule is CCOc1ccc(Nc2ccc(O)cc2[N+](=O)[O-])c([N+](=O)[O-])c1. The molecule has 0 atom stereocenters. The van der Waals surface area contributed by atoms with Gasteiger partial charge in [-0.05, 0) is 31.2 Å². The molecule has 2 N–H and O–H groups in total. The van der Waals surface area contributed by atoms with Gasteiger partial charge in [0.15, 0.2) is 0 Å². The topological polar surface area (TPSA) is 128 Å². The summed E-state index contributed by atoms with van der Waals surface area (Å²) in [5.41, 5.74) is -0.571. The van der Waals surface area contributed by atoms with E-state index in [-0.39, 0.29) is 22.8 Å². The molecule has 0 spiro atoms. The van der Waals surface area contributed by atoms with Crippen molar-refractivity contribution in [1.82, 2.24) is 0 Å². The Kier molecular flexibility index (Phi) is 4.60. The summed E-state index contributed by atoms with van der Waals surface area (Å²) in [4.78, 5) is 20.9. The Hall–Kier alpha value is -3.36.